The maximum absolute atomic E-state index is 11.1. The van der Waals surface area contributed by atoms with Gasteiger partial charge in [-0.2, -0.15) is 0 Å². The standard InChI is InChI=1S/C14H16N2OS2/c1-2-12-13(9-17)19-14(15-12)16(10-5-6-10)8-11-4-3-7-18-11/h3-4,7,9-10H,2,5-6,8H2,1H3. The van der Waals surface area contributed by atoms with Crippen molar-refractivity contribution in [3.63, 3.8) is 0 Å². The van der Waals surface area contributed by atoms with Crippen molar-refractivity contribution >= 4 is 34.1 Å². The molecule has 0 saturated heterocycles. The van der Waals surface area contributed by atoms with Gasteiger partial charge < -0.3 is 4.90 Å². The molecule has 0 amide bonds. The van der Waals surface area contributed by atoms with Crippen LogP contribution in [0.4, 0.5) is 5.13 Å². The number of hydrogen-bond acceptors (Lipinski definition) is 5. The predicted molar refractivity (Wildman–Crippen MR) is 80.4 cm³/mol. The Kier molecular flexibility index (Phi) is 3.66. The van der Waals surface area contributed by atoms with Crippen LogP contribution in [0.3, 0.4) is 0 Å². The molecule has 1 saturated carbocycles. The van der Waals surface area contributed by atoms with Crippen molar-refractivity contribution in [3.05, 3.63) is 33.0 Å². The van der Waals surface area contributed by atoms with Gasteiger partial charge in [0.1, 0.15) is 0 Å². The molecule has 3 rings (SSSR count). The zero-order valence-corrected chi connectivity index (χ0v) is 12.5. The average Bonchev–Trinajstić information content (AvgIpc) is 2.99. The van der Waals surface area contributed by atoms with E-state index in [1.807, 2.05) is 6.92 Å². The molecule has 2 aromatic heterocycles. The summed E-state index contributed by atoms with van der Waals surface area (Å²) in [4.78, 5) is 20.2. The number of anilines is 1. The van der Waals surface area contributed by atoms with Crippen LogP contribution >= 0.6 is 22.7 Å². The largest absolute Gasteiger partial charge is 0.340 e. The molecule has 0 atom stereocenters. The third kappa shape index (κ3) is 2.72. The van der Waals surface area contributed by atoms with Gasteiger partial charge in [0.25, 0.3) is 0 Å². The van der Waals surface area contributed by atoms with Crippen LogP contribution < -0.4 is 4.90 Å². The van der Waals surface area contributed by atoms with Crippen LogP contribution in [0.2, 0.25) is 0 Å². The van der Waals surface area contributed by atoms with Crippen LogP contribution in [0.5, 0.6) is 0 Å². The van der Waals surface area contributed by atoms with Crippen molar-refractivity contribution in [1.82, 2.24) is 4.98 Å². The molecule has 0 aromatic carbocycles. The minimum absolute atomic E-state index is 0.609. The molecule has 0 unspecified atom stereocenters. The van der Waals surface area contributed by atoms with E-state index in [4.69, 9.17) is 0 Å². The Labute approximate surface area is 120 Å². The van der Waals surface area contributed by atoms with E-state index in [0.29, 0.717) is 6.04 Å². The Balaban J connectivity index is 1.87. The molecule has 0 bridgehead atoms. The van der Waals surface area contributed by atoms with Crippen molar-refractivity contribution in [2.24, 2.45) is 0 Å². The van der Waals surface area contributed by atoms with Gasteiger partial charge in [0.2, 0.25) is 0 Å². The summed E-state index contributed by atoms with van der Waals surface area (Å²) in [5.74, 6) is 0. The summed E-state index contributed by atoms with van der Waals surface area (Å²) >= 11 is 3.31. The van der Waals surface area contributed by atoms with E-state index in [1.54, 1.807) is 11.3 Å². The normalized spacial score (nSPS) is 14.6. The molecule has 3 nitrogen and oxygen atoms in total. The van der Waals surface area contributed by atoms with E-state index < -0.39 is 0 Å². The maximum Gasteiger partial charge on any atom is 0.186 e. The van der Waals surface area contributed by atoms with E-state index >= 15 is 0 Å². The highest BCUT2D eigenvalue weighted by Crippen LogP contribution is 2.36. The van der Waals surface area contributed by atoms with Crippen LogP contribution in [0.1, 0.15) is 40.0 Å². The van der Waals surface area contributed by atoms with Gasteiger partial charge in [0, 0.05) is 10.9 Å². The fourth-order valence-corrected chi connectivity index (χ4v) is 3.87. The van der Waals surface area contributed by atoms with Crippen LogP contribution in [0.15, 0.2) is 17.5 Å². The van der Waals surface area contributed by atoms with Crippen molar-refractivity contribution in [3.8, 4) is 0 Å². The van der Waals surface area contributed by atoms with Crippen LogP contribution in [0.25, 0.3) is 0 Å². The van der Waals surface area contributed by atoms with Crippen molar-refractivity contribution in [2.45, 2.75) is 38.8 Å². The molecule has 19 heavy (non-hydrogen) atoms. The number of carbonyl (C=O) groups excluding carboxylic acids is 1. The molecule has 100 valence electrons. The number of thiazole rings is 1. The van der Waals surface area contributed by atoms with Gasteiger partial charge in [-0.1, -0.05) is 24.3 Å². The molecular weight excluding hydrogens is 276 g/mol. The first-order chi connectivity index (χ1) is 9.31. The third-order valence-corrected chi connectivity index (χ3v) is 5.22. The van der Waals surface area contributed by atoms with Crippen molar-refractivity contribution in [1.29, 1.82) is 0 Å². The number of nitrogens with zero attached hydrogens (tertiary/aromatic N) is 2. The van der Waals surface area contributed by atoms with Gasteiger partial charge in [-0.05, 0) is 30.7 Å². The highest BCUT2D eigenvalue weighted by atomic mass is 32.1. The lowest BCUT2D eigenvalue weighted by molar-refractivity contribution is 0.112. The Morgan fingerprint density at radius 3 is 2.89 bits per heavy atom. The number of aromatic nitrogens is 1. The molecule has 1 fully saturated rings. The zero-order chi connectivity index (χ0) is 13.2. The van der Waals surface area contributed by atoms with Gasteiger partial charge in [0.05, 0.1) is 17.1 Å². The summed E-state index contributed by atoms with van der Waals surface area (Å²) in [7, 11) is 0. The second-order valence-electron chi connectivity index (χ2n) is 4.72. The second-order valence-corrected chi connectivity index (χ2v) is 6.76. The number of hydrogen-bond donors (Lipinski definition) is 0. The SMILES string of the molecule is CCc1nc(N(Cc2cccs2)C2CC2)sc1C=O. The lowest BCUT2D eigenvalue weighted by Crippen LogP contribution is -2.24. The summed E-state index contributed by atoms with van der Waals surface area (Å²) in [5, 5.41) is 3.12. The number of aryl methyl sites for hydroxylation is 1. The Morgan fingerprint density at radius 2 is 2.37 bits per heavy atom. The number of thiophene rings is 1. The molecule has 2 aromatic rings. The first-order valence-electron chi connectivity index (χ1n) is 6.55. The van der Waals surface area contributed by atoms with Gasteiger partial charge in [-0.3, -0.25) is 4.79 Å². The molecule has 0 spiro atoms. The van der Waals surface area contributed by atoms with Crippen molar-refractivity contribution < 1.29 is 4.79 Å². The number of aldehydes is 1. The summed E-state index contributed by atoms with van der Waals surface area (Å²) in [5.41, 5.74) is 0.937. The summed E-state index contributed by atoms with van der Waals surface area (Å²) < 4.78 is 0. The van der Waals surface area contributed by atoms with Gasteiger partial charge in [0.15, 0.2) is 11.4 Å². The molecule has 1 aliphatic carbocycles. The monoisotopic (exact) mass is 292 g/mol. The highest BCUT2D eigenvalue weighted by Gasteiger charge is 2.31. The van der Waals surface area contributed by atoms with E-state index in [1.165, 1.54) is 29.1 Å². The first kappa shape index (κ1) is 12.8. The number of rotatable bonds is 6. The first-order valence-corrected chi connectivity index (χ1v) is 8.25. The van der Waals surface area contributed by atoms with E-state index in [-0.39, 0.29) is 0 Å². The quantitative estimate of drug-likeness (QED) is 0.760. The van der Waals surface area contributed by atoms with Crippen LogP contribution in [-0.2, 0) is 13.0 Å². The van der Waals surface area contributed by atoms with Crippen molar-refractivity contribution in [2.75, 3.05) is 4.90 Å². The fourth-order valence-electron chi connectivity index (χ4n) is 2.13. The highest BCUT2D eigenvalue weighted by molar-refractivity contribution is 7.17. The molecule has 0 N–H and O–H groups in total. The van der Waals surface area contributed by atoms with Gasteiger partial charge in [-0.25, -0.2) is 4.98 Å². The molecule has 2 heterocycles. The average molecular weight is 292 g/mol. The van der Waals surface area contributed by atoms with E-state index in [2.05, 4.69) is 27.4 Å². The topological polar surface area (TPSA) is 33.2 Å². The summed E-state index contributed by atoms with van der Waals surface area (Å²) in [6, 6.07) is 4.86. The van der Waals surface area contributed by atoms with Crippen LogP contribution in [0, 0.1) is 0 Å². The lowest BCUT2D eigenvalue weighted by atomic mass is 10.3. The zero-order valence-electron chi connectivity index (χ0n) is 10.8. The van der Waals surface area contributed by atoms with E-state index in [9.17, 15) is 4.79 Å². The number of carbonyl (C=O) groups is 1. The molecule has 0 aliphatic heterocycles. The Morgan fingerprint density at radius 1 is 1.53 bits per heavy atom. The smallest absolute Gasteiger partial charge is 0.186 e. The maximum atomic E-state index is 11.1. The van der Waals surface area contributed by atoms with Gasteiger partial charge in [-0.15, -0.1) is 11.3 Å². The fraction of sp³-hybridized carbons (Fsp3) is 0.429. The molecule has 1 aliphatic rings. The van der Waals surface area contributed by atoms with Gasteiger partial charge >= 0.3 is 0 Å². The third-order valence-electron chi connectivity index (χ3n) is 3.30. The molecule has 0 radical (unpaired) electrons. The second kappa shape index (κ2) is 5.43. The predicted octanol–water partition coefficient (Wildman–Crippen LogP) is 3.75. The Bertz CT molecular complexity index is 558. The minimum atomic E-state index is 0.609. The van der Waals surface area contributed by atoms with E-state index in [0.717, 1.165) is 35.0 Å². The minimum Gasteiger partial charge on any atom is -0.340 e. The summed E-state index contributed by atoms with van der Waals surface area (Å²) in [6.07, 6.45) is 4.24. The lowest BCUT2D eigenvalue weighted by Gasteiger charge is -2.20. The molecule has 5 heteroatoms. The summed E-state index contributed by atoms with van der Waals surface area (Å²) in [6.45, 7) is 2.96. The molecular formula is C14H16N2OS2. The van der Waals surface area contributed by atoms with Crippen LogP contribution in [-0.4, -0.2) is 17.3 Å². The Hall–Kier alpha value is -1.20.